The van der Waals surface area contributed by atoms with Crippen LogP contribution in [0, 0.1) is 21.4 Å². The van der Waals surface area contributed by atoms with Gasteiger partial charge >= 0.3 is 0 Å². The third kappa shape index (κ3) is 5.78. The number of rotatable bonds is 7. The van der Waals surface area contributed by atoms with Crippen LogP contribution < -0.4 is 10.1 Å². The van der Waals surface area contributed by atoms with Gasteiger partial charge in [0.1, 0.15) is 24.0 Å². The molecule has 0 aromatic heterocycles. The van der Waals surface area contributed by atoms with Gasteiger partial charge in [-0.1, -0.05) is 48.5 Å². The lowest BCUT2D eigenvalue weighted by molar-refractivity contribution is -0.384. The molecule has 0 aliphatic rings. The van der Waals surface area contributed by atoms with Crippen LogP contribution in [-0.2, 0) is 11.4 Å². The number of hydrogen-bond donors (Lipinski definition) is 1. The summed E-state index contributed by atoms with van der Waals surface area (Å²) >= 11 is 3.19. The van der Waals surface area contributed by atoms with E-state index in [-0.39, 0.29) is 11.3 Å². The quantitative estimate of drug-likeness (QED) is 0.210. The molecule has 1 N–H and O–H groups in total. The minimum Gasteiger partial charge on any atom is -0.488 e. The highest BCUT2D eigenvalue weighted by atomic mass is 79.9. The predicted octanol–water partition coefficient (Wildman–Crippen LogP) is 5.48. The zero-order valence-corrected chi connectivity index (χ0v) is 17.7. The molecule has 0 saturated carbocycles. The molecule has 7 nitrogen and oxygen atoms in total. The first-order valence-electron chi connectivity index (χ1n) is 9.11. The highest BCUT2D eigenvalue weighted by Crippen LogP contribution is 2.28. The van der Waals surface area contributed by atoms with Crippen LogP contribution in [0.2, 0.25) is 0 Å². The van der Waals surface area contributed by atoms with Gasteiger partial charge in [-0.15, -0.1) is 0 Å². The van der Waals surface area contributed by atoms with Gasteiger partial charge < -0.3 is 10.1 Å². The monoisotopic (exact) mass is 477 g/mol. The van der Waals surface area contributed by atoms with Gasteiger partial charge in [0, 0.05) is 22.2 Å². The van der Waals surface area contributed by atoms with Crippen molar-refractivity contribution in [2.45, 2.75) is 6.61 Å². The summed E-state index contributed by atoms with van der Waals surface area (Å²) in [7, 11) is 0. The molecule has 0 saturated heterocycles. The number of nitriles is 1. The van der Waals surface area contributed by atoms with Crippen LogP contribution in [0.1, 0.15) is 11.1 Å². The van der Waals surface area contributed by atoms with Crippen LogP contribution in [0.4, 0.5) is 11.4 Å². The zero-order valence-electron chi connectivity index (χ0n) is 16.1. The molecule has 0 spiro atoms. The molecule has 3 rings (SSSR count). The molecular weight excluding hydrogens is 462 g/mol. The maximum absolute atomic E-state index is 12.6. The van der Waals surface area contributed by atoms with Crippen LogP contribution in [-0.4, -0.2) is 10.8 Å². The number of amides is 1. The topological polar surface area (TPSA) is 105 Å². The van der Waals surface area contributed by atoms with Crippen molar-refractivity contribution in [1.82, 2.24) is 0 Å². The second kappa shape index (κ2) is 10.2. The highest BCUT2D eigenvalue weighted by Gasteiger charge is 2.15. The highest BCUT2D eigenvalue weighted by molar-refractivity contribution is 9.10. The van der Waals surface area contributed by atoms with Crippen LogP contribution in [0.5, 0.6) is 5.75 Å². The fraction of sp³-hybridized carbons (Fsp3) is 0.0435. The summed E-state index contributed by atoms with van der Waals surface area (Å²) in [6.07, 6.45) is 1.44. The third-order valence-electron chi connectivity index (χ3n) is 4.23. The van der Waals surface area contributed by atoms with Crippen molar-refractivity contribution in [1.29, 1.82) is 5.26 Å². The van der Waals surface area contributed by atoms with Crippen molar-refractivity contribution < 1.29 is 14.5 Å². The molecule has 3 aromatic carbocycles. The number of nitro benzene ring substituents is 1. The van der Waals surface area contributed by atoms with Crippen LogP contribution in [0.25, 0.3) is 6.08 Å². The minimum absolute atomic E-state index is 0.120. The zero-order chi connectivity index (χ0) is 22.2. The van der Waals surface area contributed by atoms with Crippen molar-refractivity contribution in [3.63, 3.8) is 0 Å². The van der Waals surface area contributed by atoms with Crippen LogP contribution >= 0.6 is 15.9 Å². The molecule has 0 radical (unpaired) electrons. The number of carbonyl (C=O) groups excluding carboxylic acids is 1. The van der Waals surface area contributed by atoms with Gasteiger partial charge in [-0.05, 0) is 39.7 Å². The molecule has 1 amide bonds. The molecule has 0 aliphatic heterocycles. The van der Waals surface area contributed by atoms with E-state index in [9.17, 15) is 20.2 Å². The first-order chi connectivity index (χ1) is 15.0. The molecule has 0 bridgehead atoms. The number of nitrogens with one attached hydrogen (secondary N) is 1. The molecule has 31 heavy (non-hydrogen) atoms. The first-order valence-corrected chi connectivity index (χ1v) is 9.90. The Hall–Kier alpha value is -3.96. The average molecular weight is 478 g/mol. The Morgan fingerprint density at radius 3 is 2.52 bits per heavy atom. The molecule has 0 heterocycles. The van der Waals surface area contributed by atoms with Gasteiger partial charge in [-0.2, -0.15) is 5.26 Å². The van der Waals surface area contributed by atoms with Crippen molar-refractivity contribution >= 4 is 39.3 Å². The fourth-order valence-electron chi connectivity index (χ4n) is 2.68. The Balaban J connectivity index is 1.79. The number of ether oxygens (including phenoxy) is 1. The Bertz CT molecular complexity index is 1190. The van der Waals surface area contributed by atoms with Crippen LogP contribution in [0.3, 0.4) is 0 Å². The second-order valence-electron chi connectivity index (χ2n) is 6.36. The van der Waals surface area contributed by atoms with E-state index < -0.39 is 10.8 Å². The second-order valence-corrected chi connectivity index (χ2v) is 7.21. The van der Waals surface area contributed by atoms with Crippen molar-refractivity contribution in [3.8, 4) is 11.8 Å². The number of para-hydroxylation sites is 1. The summed E-state index contributed by atoms with van der Waals surface area (Å²) in [5.74, 6) is -0.113. The van der Waals surface area contributed by atoms with Crippen LogP contribution in [0.15, 0.2) is 82.8 Å². The molecule has 0 fully saturated rings. The summed E-state index contributed by atoms with van der Waals surface area (Å²) < 4.78 is 6.20. The number of nitrogens with zero attached hydrogens (tertiary/aromatic N) is 2. The average Bonchev–Trinajstić information content (AvgIpc) is 2.78. The number of hydrogen-bond acceptors (Lipinski definition) is 5. The summed E-state index contributed by atoms with van der Waals surface area (Å²) in [5.41, 5.74) is 1.62. The predicted molar refractivity (Wildman–Crippen MR) is 120 cm³/mol. The number of halogens is 1. The number of nitro groups is 1. The van der Waals surface area contributed by atoms with E-state index in [1.807, 2.05) is 36.4 Å². The molecule has 0 unspecified atom stereocenters. The number of benzene rings is 3. The van der Waals surface area contributed by atoms with E-state index in [4.69, 9.17) is 4.74 Å². The third-order valence-corrected chi connectivity index (χ3v) is 4.89. The Labute approximate surface area is 186 Å². The van der Waals surface area contributed by atoms with Crippen molar-refractivity contribution in [3.05, 3.63) is 104 Å². The molecular formula is C23H16BrN3O4. The van der Waals surface area contributed by atoms with Gasteiger partial charge in [0.05, 0.1) is 10.6 Å². The largest absolute Gasteiger partial charge is 0.488 e. The van der Waals surface area contributed by atoms with Gasteiger partial charge in [-0.3, -0.25) is 14.9 Å². The molecule has 3 aromatic rings. The summed E-state index contributed by atoms with van der Waals surface area (Å²) in [6.45, 7) is 0.343. The number of carbonyl (C=O) groups is 1. The van der Waals surface area contributed by atoms with Gasteiger partial charge in [0.25, 0.3) is 11.6 Å². The lowest BCUT2D eigenvalue weighted by Crippen LogP contribution is -2.14. The van der Waals surface area contributed by atoms with Gasteiger partial charge in [-0.25, -0.2) is 0 Å². The Morgan fingerprint density at radius 2 is 1.84 bits per heavy atom. The normalized spacial score (nSPS) is 10.8. The maximum Gasteiger partial charge on any atom is 0.270 e. The number of anilines is 1. The first kappa shape index (κ1) is 21.7. The van der Waals surface area contributed by atoms with E-state index in [1.165, 1.54) is 24.3 Å². The molecule has 154 valence electrons. The van der Waals surface area contributed by atoms with Crippen molar-refractivity contribution in [2.24, 2.45) is 0 Å². The summed E-state index contributed by atoms with van der Waals surface area (Å²) in [5, 5.41) is 22.9. The van der Waals surface area contributed by atoms with E-state index in [0.29, 0.717) is 28.1 Å². The molecule has 0 atom stereocenters. The lowest BCUT2D eigenvalue weighted by atomic mass is 10.1. The molecule has 0 aliphatic carbocycles. The van der Waals surface area contributed by atoms with E-state index in [0.717, 1.165) is 5.56 Å². The molecule has 8 heteroatoms. The van der Waals surface area contributed by atoms with E-state index >= 15 is 0 Å². The van der Waals surface area contributed by atoms with Gasteiger partial charge in [0.2, 0.25) is 0 Å². The van der Waals surface area contributed by atoms with E-state index in [2.05, 4.69) is 21.2 Å². The fourth-order valence-corrected chi connectivity index (χ4v) is 3.15. The summed E-state index contributed by atoms with van der Waals surface area (Å²) in [6, 6.07) is 22.5. The smallest absolute Gasteiger partial charge is 0.270 e. The van der Waals surface area contributed by atoms with Gasteiger partial charge in [0.15, 0.2) is 0 Å². The lowest BCUT2D eigenvalue weighted by Gasteiger charge is -2.10. The summed E-state index contributed by atoms with van der Waals surface area (Å²) in [4.78, 5) is 22.9. The number of non-ortho nitro benzene ring substituents is 1. The van der Waals surface area contributed by atoms with Crippen molar-refractivity contribution in [2.75, 3.05) is 5.32 Å². The Kier molecular flexibility index (Phi) is 7.14. The van der Waals surface area contributed by atoms with E-state index in [1.54, 1.807) is 24.3 Å². The maximum atomic E-state index is 12.6. The minimum atomic E-state index is -0.644. The standard InChI is InChI=1S/C23H16BrN3O4/c24-20-13-19(27(29)30)10-11-21(20)26-23(28)18(14-25)12-17-8-4-5-9-22(17)31-15-16-6-2-1-3-7-16/h1-13H,15H2,(H,26,28). The SMILES string of the molecule is N#CC(=Cc1ccccc1OCc1ccccc1)C(=O)Nc1ccc([N+](=O)[O-])cc1Br. The Morgan fingerprint density at radius 1 is 1.13 bits per heavy atom.